The molecule has 4 aromatic rings. The van der Waals surface area contributed by atoms with E-state index >= 15 is 0 Å². The first kappa shape index (κ1) is 31.8. The van der Waals surface area contributed by atoms with Crippen molar-refractivity contribution in [1.29, 1.82) is 0 Å². The average Bonchev–Trinajstić information content (AvgIpc) is 2.99. The van der Waals surface area contributed by atoms with E-state index in [4.69, 9.17) is 0 Å². The van der Waals surface area contributed by atoms with Crippen LogP contribution in [0.5, 0.6) is 0 Å². The Morgan fingerprint density at radius 3 is 1.05 bits per heavy atom. The molecule has 0 N–H and O–H groups in total. The van der Waals surface area contributed by atoms with Crippen molar-refractivity contribution in [3.63, 3.8) is 0 Å². The van der Waals surface area contributed by atoms with Gasteiger partial charge in [-0.1, -0.05) is 147 Å². The first-order valence-electron chi connectivity index (χ1n) is 13.6. The summed E-state index contributed by atoms with van der Waals surface area (Å²) >= 11 is 6.80. The largest absolute Gasteiger partial charge is 0.299 e. The molecule has 0 fully saturated rings. The van der Waals surface area contributed by atoms with Crippen LogP contribution < -0.4 is 0 Å². The summed E-state index contributed by atoms with van der Waals surface area (Å²) in [5, 5.41) is 0. The van der Waals surface area contributed by atoms with Crippen molar-refractivity contribution in [2.45, 2.75) is 40.4 Å². The molecule has 0 bridgehead atoms. The normalized spacial score (nSPS) is 13.2. The Balaban J connectivity index is 1.84. The first-order chi connectivity index (χ1) is 20.4. The molecule has 0 aliphatic heterocycles. The second kappa shape index (κ2) is 16.5. The third kappa shape index (κ3) is 11.0. The summed E-state index contributed by atoms with van der Waals surface area (Å²) in [7, 11) is 0. The molecule has 5 heteroatoms. The lowest BCUT2D eigenvalue weighted by Crippen LogP contribution is -2.01. The van der Waals surface area contributed by atoms with Gasteiger partial charge in [0.2, 0.25) is 0 Å². The molecule has 42 heavy (non-hydrogen) atoms. The number of thioether (sulfide) groups is 4. The lowest BCUT2D eigenvalue weighted by Gasteiger charge is -2.19. The Bertz CT molecular complexity index is 1530. The number of benzene rings is 4. The van der Waals surface area contributed by atoms with Gasteiger partial charge in [0.05, 0.1) is 0 Å². The maximum Gasteiger partial charge on any atom is 0.144 e. The zero-order valence-corrected chi connectivity index (χ0v) is 27.2. The van der Waals surface area contributed by atoms with Crippen LogP contribution in [0.25, 0.3) is 0 Å². The number of hydrogen-bond acceptors (Lipinski definition) is 5. The van der Waals surface area contributed by atoms with Crippen molar-refractivity contribution in [1.82, 2.24) is 0 Å². The summed E-state index contributed by atoms with van der Waals surface area (Å²) in [5.74, 6) is 0. The van der Waals surface area contributed by atoms with Crippen LogP contribution in [0.3, 0.4) is 0 Å². The number of hydrogen-bond donors (Lipinski definition) is 0. The van der Waals surface area contributed by atoms with Crippen LogP contribution >= 0.6 is 47.0 Å². The second-order valence-corrected chi connectivity index (χ2v) is 14.7. The maximum absolute atomic E-state index is 11.9. The van der Waals surface area contributed by atoms with E-state index in [0.29, 0.717) is 0 Å². The van der Waals surface area contributed by atoms with E-state index in [1.807, 2.05) is 48.5 Å². The van der Waals surface area contributed by atoms with E-state index in [9.17, 15) is 4.79 Å². The van der Waals surface area contributed by atoms with Gasteiger partial charge < -0.3 is 0 Å². The summed E-state index contributed by atoms with van der Waals surface area (Å²) in [6.45, 7) is 6.70. The van der Waals surface area contributed by atoms with Gasteiger partial charge in [-0.05, 0) is 72.2 Å². The molecule has 0 amide bonds. The van der Waals surface area contributed by atoms with E-state index in [-0.39, 0.29) is 5.41 Å². The molecule has 4 aromatic carbocycles. The molecule has 0 spiro atoms. The minimum atomic E-state index is -0.0233. The fourth-order valence-corrected chi connectivity index (χ4v) is 7.88. The molecular weight excluding hydrogens is 589 g/mol. The number of rotatable bonds is 12. The Hall–Kier alpha value is -3.09. The highest BCUT2D eigenvalue weighted by molar-refractivity contribution is 8.09. The molecule has 0 aromatic heterocycles. The lowest BCUT2D eigenvalue weighted by atomic mass is 9.96. The minimum Gasteiger partial charge on any atom is -0.299 e. The molecule has 0 atom stereocenters. The van der Waals surface area contributed by atoms with Crippen LogP contribution in [-0.2, 0) is 4.79 Å². The maximum atomic E-state index is 11.9. The standard InChI is InChI=1S/C37H34OS4/c1-37(2,3)28-36(42-32-22-14-7-15-23-32)34(40-30-18-10-5-11-19-30)25-24-33(39-29-16-8-4-9-17-29)35(26-27-38)41-31-20-12-6-13-21-31/h4-28H,1-3H3/b33-24-,34-25-,35-26-,36-28-. The Morgan fingerprint density at radius 1 is 0.452 bits per heavy atom. The second-order valence-electron chi connectivity index (χ2n) is 10.3. The summed E-state index contributed by atoms with van der Waals surface area (Å²) in [6, 6.07) is 41.5. The van der Waals surface area contributed by atoms with E-state index in [0.717, 1.165) is 30.8 Å². The number of allylic oxidation sites excluding steroid dienone is 4. The van der Waals surface area contributed by atoms with E-state index < -0.39 is 0 Å². The minimum absolute atomic E-state index is 0.0233. The summed E-state index contributed by atoms with van der Waals surface area (Å²) in [4.78, 5) is 20.7. The fraction of sp³-hybridized carbons (Fsp3) is 0.108. The first-order valence-corrected chi connectivity index (χ1v) is 16.9. The molecule has 212 valence electrons. The van der Waals surface area contributed by atoms with Gasteiger partial charge in [0.1, 0.15) is 6.29 Å². The summed E-state index contributed by atoms with van der Waals surface area (Å²) in [6.07, 6.45) is 9.27. The smallest absolute Gasteiger partial charge is 0.144 e. The van der Waals surface area contributed by atoms with Gasteiger partial charge >= 0.3 is 0 Å². The van der Waals surface area contributed by atoms with Crippen molar-refractivity contribution >= 4 is 53.3 Å². The highest BCUT2D eigenvalue weighted by atomic mass is 32.2. The van der Waals surface area contributed by atoms with Gasteiger partial charge in [-0.3, -0.25) is 4.79 Å². The summed E-state index contributed by atoms with van der Waals surface area (Å²) < 4.78 is 0. The van der Waals surface area contributed by atoms with Crippen molar-refractivity contribution in [2.75, 3.05) is 0 Å². The Labute approximate surface area is 267 Å². The third-order valence-electron chi connectivity index (χ3n) is 5.54. The zero-order valence-electron chi connectivity index (χ0n) is 24.0. The van der Waals surface area contributed by atoms with Crippen molar-refractivity contribution in [3.8, 4) is 0 Å². The average molecular weight is 623 g/mol. The molecule has 0 saturated heterocycles. The molecule has 0 radical (unpaired) electrons. The fourth-order valence-electron chi connectivity index (χ4n) is 3.72. The molecule has 1 nitrogen and oxygen atoms in total. The van der Waals surface area contributed by atoms with Crippen LogP contribution in [0.4, 0.5) is 0 Å². The number of carbonyl (C=O) groups is 1. The zero-order chi connectivity index (χ0) is 29.6. The van der Waals surface area contributed by atoms with Crippen LogP contribution in [0.15, 0.2) is 185 Å². The van der Waals surface area contributed by atoms with Crippen LogP contribution in [0.1, 0.15) is 20.8 Å². The van der Waals surface area contributed by atoms with Crippen molar-refractivity contribution in [3.05, 3.63) is 165 Å². The molecule has 0 aliphatic carbocycles. The Morgan fingerprint density at radius 2 is 0.738 bits per heavy atom. The predicted molar refractivity (Wildman–Crippen MR) is 187 cm³/mol. The van der Waals surface area contributed by atoms with Gasteiger partial charge in [0.25, 0.3) is 0 Å². The lowest BCUT2D eigenvalue weighted by molar-refractivity contribution is -0.104. The van der Waals surface area contributed by atoms with E-state index in [1.54, 1.807) is 53.1 Å². The van der Waals surface area contributed by atoms with Gasteiger partial charge in [-0.15, -0.1) is 0 Å². The molecule has 0 saturated carbocycles. The van der Waals surface area contributed by atoms with Gasteiger partial charge in [-0.2, -0.15) is 0 Å². The summed E-state index contributed by atoms with van der Waals surface area (Å²) in [5.41, 5.74) is -0.0233. The van der Waals surface area contributed by atoms with E-state index in [1.165, 1.54) is 14.7 Å². The van der Waals surface area contributed by atoms with Crippen LogP contribution in [0.2, 0.25) is 0 Å². The monoisotopic (exact) mass is 622 g/mol. The third-order valence-corrected chi connectivity index (χ3v) is 10.1. The van der Waals surface area contributed by atoms with Gasteiger partial charge in [0.15, 0.2) is 0 Å². The Kier molecular flexibility index (Phi) is 12.5. The molecule has 0 heterocycles. The molecular formula is C37H34OS4. The molecule has 0 unspecified atom stereocenters. The predicted octanol–water partition coefficient (Wildman–Crippen LogP) is 11.9. The topological polar surface area (TPSA) is 17.1 Å². The number of carbonyl (C=O) groups excluding carboxylic acids is 1. The highest BCUT2D eigenvalue weighted by Gasteiger charge is 2.16. The molecule has 0 aliphatic rings. The quantitative estimate of drug-likeness (QED) is 0.0674. The van der Waals surface area contributed by atoms with E-state index in [2.05, 4.69) is 112 Å². The molecule has 4 rings (SSSR count). The van der Waals surface area contributed by atoms with Crippen LogP contribution in [0, 0.1) is 5.41 Å². The van der Waals surface area contributed by atoms with Gasteiger partial charge in [0, 0.05) is 39.2 Å². The highest BCUT2D eigenvalue weighted by Crippen LogP contribution is 2.44. The number of aldehydes is 1. The SMILES string of the molecule is CC(C)(C)/C=C(Sc1ccccc1)/C(=C/C=C(Sc1ccccc1)/C(=C/C=O)Sc1ccccc1)Sc1ccccc1. The van der Waals surface area contributed by atoms with Gasteiger partial charge in [-0.25, -0.2) is 0 Å². The van der Waals surface area contributed by atoms with Crippen molar-refractivity contribution in [2.24, 2.45) is 5.41 Å². The van der Waals surface area contributed by atoms with Crippen LogP contribution in [-0.4, -0.2) is 6.29 Å². The van der Waals surface area contributed by atoms with Crippen molar-refractivity contribution < 1.29 is 4.79 Å².